The lowest BCUT2D eigenvalue weighted by atomic mass is 9.98. The van der Waals surface area contributed by atoms with Gasteiger partial charge in [-0.3, -0.25) is 19.2 Å². The molecule has 0 fully saturated rings. The van der Waals surface area contributed by atoms with E-state index in [1.54, 1.807) is 12.1 Å². The number of hydrogen-bond donors (Lipinski definition) is 3. The molecule has 0 saturated heterocycles. The second kappa shape index (κ2) is 4.76. The fourth-order valence-electron chi connectivity index (χ4n) is 2.58. The molecule has 114 valence electrons. The van der Waals surface area contributed by atoms with Gasteiger partial charge in [0, 0.05) is 14.1 Å². The predicted molar refractivity (Wildman–Crippen MR) is 79.0 cm³/mol. The Balaban J connectivity index is 2.33. The minimum Gasteiger partial charge on any atom is -0.508 e. The van der Waals surface area contributed by atoms with Crippen molar-refractivity contribution in [1.82, 2.24) is 14.5 Å². The number of aromatic hydroxyl groups is 1. The van der Waals surface area contributed by atoms with Gasteiger partial charge in [0.15, 0.2) is 0 Å². The third-order valence-electron chi connectivity index (χ3n) is 3.70. The molecule has 1 atom stereocenters. The molecule has 22 heavy (non-hydrogen) atoms. The van der Waals surface area contributed by atoms with Crippen LogP contribution >= 0.6 is 0 Å². The van der Waals surface area contributed by atoms with Gasteiger partial charge in [-0.05, 0) is 17.7 Å². The topological polar surface area (TPSA) is 105 Å². The van der Waals surface area contributed by atoms with Crippen LogP contribution in [-0.4, -0.2) is 20.3 Å². The molecule has 3 rings (SSSR count). The molecule has 8 nitrogen and oxygen atoms in total. The standard InChI is InChI=1S/C14H14N4O4/c1-17-11-9(12(20)18(2)14(17)22)10(15-13(21)16-11)7-4-3-5-8(19)6-7/h3-6,10,19H,1-2H3,(H2,15,16,21)/t10-/m1/s1. The highest BCUT2D eigenvalue weighted by Gasteiger charge is 2.31. The van der Waals surface area contributed by atoms with Crippen LogP contribution in [0.1, 0.15) is 17.2 Å². The van der Waals surface area contributed by atoms with Crippen molar-refractivity contribution in [3.8, 4) is 5.75 Å². The summed E-state index contributed by atoms with van der Waals surface area (Å²) < 4.78 is 2.19. The maximum Gasteiger partial charge on any atom is 0.332 e. The number of carbonyl (C=O) groups is 1. The average Bonchev–Trinajstić information content (AvgIpc) is 2.50. The minimum atomic E-state index is -0.749. The monoisotopic (exact) mass is 302 g/mol. The number of phenolic OH excluding ortho intramolecular Hbond substituents is 1. The number of nitrogens with zero attached hydrogens (tertiary/aromatic N) is 2. The lowest BCUT2D eigenvalue weighted by Crippen LogP contribution is -2.49. The summed E-state index contributed by atoms with van der Waals surface area (Å²) >= 11 is 0. The molecule has 0 unspecified atom stereocenters. The van der Waals surface area contributed by atoms with E-state index in [4.69, 9.17) is 0 Å². The van der Waals surface area contributed by atoms with Crippen LogP contribution in [0.15, 0.2) is 33.9 Å². The normalized spacial score (nSPS) is 16.6. The molecule has 2 aromatic rings. The zero-order valence-electron chi connectivity index (χ0n) is 12.0. The van der Waals surface area contributed by atoms with Crippen LogP contribution in [-0.2, 0) is 14.1 Å². The van der Waals surface area contributed by atoms with Crippen LogP contribution in [0.5, 0.6) is 5.75 Å². The van der Waals surface area contributed by atoms with E-state index in [9.17, 15) is 19.5 Å². The first-order chi connectivity index (χ1) is 10.4. The fraction of sp³-hybridized carbons (Fsp3) is 0.214. The SMILES string of the molecule is Cn1c2c(c(=O)n(C)c1=O)[C@@H](c1cccc(O)c1)NC(=O)N2. The van der Waals surface area contributed by atoms with Crippen LogP contribution in [0.2, 0.25) is 0 Å². The Bertz CT molecular complexity index is 897. The van der Waals surface area contributed by atoms with Crippen molar-refractivity contribution in [2.24, 2.45) is 14.1 Å². The van der Waals surface area contributed by atoms with E-state index in [0.717, 1.165) is 4.57 Å². The van der Waals surface area contributed by atoms with Gasteiger partial charge in [-0.1, -0.05) is 12.1 Å². The van der Waals surface area contributed by atoms with Crippen molar-refractivity contribution in [2.75, 3.05) is 5.32 Å². The maximum atomic E-state index is 12.5. The molecular weight excluding hydrogens is 288 g/mol. The van der Waals surface area contributed by atoms with Crippen molar-refractivity contribution in [1.29, 1.82) is 0 Å². The molecule has 1 aliphatic rings. The van der Waals surface area contributed by atoms with Gasteiger partial charge in [0.1, 0.15) is 11.6 Å². The van der Waals surface area contributed by atoms with Gasteiger partial charge in [0.25, 0.3) is 5.56 Å². The second-order valence-corrected chi connectivity index (χ2v) is 5.09. The molecular formula is C14H14N4O4. The third-order valence-corrected chi connectivity index (χ3v) is 3.70. The summed E-state index contributed by atoms with van der Waals surface area (Å²) in [6, 6.07) is 4.98. The fourth-order valence-corrected chi connectivity index (χ4v) is 2.58. The smallest absolute Gasteiger partial charge is 0.332 e. The van der Waals surface area contributed by atoms with Gasteiger partial charge < -0.3 is 10.4 Å². The molecule has 1 aromatic heterocycles. The van der Waals surface area contributed by atoms with Crippen molar-refractivity contribution >= 4 is 11.8 Å². The van der Waals surface area contributed by atoms with Crippen LogP contribution in [0, 0.1) is 0 Å². The molecule has 8 heteroatoms. The second-order valence-electron chi connectivity index (χ2n) is 5.09. The van der Waals surface area contributed by atoms with E-state index >= 15 is 0 Å². The first kappa shape index (κ1) is 13.9. The van der Waals surface area contributed by atoms with E-state index in [1.165, 1.54) is 30.8 Å². The first-order valence-corrected chi connectivity index (χ1v) is 6.56. The molecule has 0 spiro atoms. The summed E-state index contributed by atoms with van der Waals surface area (Å²) in [6.07, 6.45) is 0. The van der Waals surface area contributed by atoms with Gasteiger partial charge in [0.2, 0.25) is 0 Å². The Morgan fingerprint density at radius 2 is 1.86 bits per heavy atom. The number of amides is 2. The quantitative estimate of drug-likeness (QED) is 0.690. The Kier molecular flexibility index (Phi) is 3.01. The van der Waals surface area contributed by atoms with E-state index in [-0.39, 0.29) is 17.1 Å². The third kappa shape index (κ3) is 1.96. The maximum absolute atomic E-state index is 12.5. The van der Waals surface area contributed by atoms with Crippen LogP contribution < -0.4 is 21.9 Å². The van der Waals surface area contributed by atoms with Gasteiger partial charge in [-0.15, -0.1) is 0 Å². The van der Waals surface area contributed by atoms with Gasteiger partial charge in [0.05, 0.1) is 11.6 Å². The van der Waals surface area contributed by atoms with Crippen molar-refractivity contribution in [3.05, 3.63) is 56.2 Å². The average molecular weight is 302 g/mol. The zero-order chi connectivity index (χ0) is 16.0. The van der Waals surface area contributed by atoms with Gasteiger partial charge >= 0.3 is 11.7 Å². The van der Waals surface area contributed by atoms with Gasteiger partial charge in [-0.2, -0.15) is 0 Å². The van der Waals surface area contributed by atoms with E-state index < -0.39 is 23.3 Å². The summed E-state index contributed by atoms with van der Waals surface area (Å²) in [7, 11) is 2.85. The number of nitrogens with one attached hydrogen (secondary N) is 2. The van der Waals surface area contributed by atoms with Gasteiger partial charge in [-0.25, -0.2) is 9.59 Å². The van der Waals surface area contributed by atoms with Crippen molar-refractivity contribution in [2.45, 2.75) is 6.04 Å². The first-order valence-electron chi connectivity index (χ1n) is 6.56. The number of hydrogen-bond acceptors (Lipinski definition) is 4. The molecule has 0 bridgehead atoms. The lowest BCUT2D eigenvalue weighted by molar-refractivity contribution is 0.248. The summed E-state index contributed by atoms with van der Waals surface area (Å²) in [5, 5.41) is 14.7. The summed E-state index contributed by atoms with van der Waals surface area (Å²) in [6.45, 7) is 0. The molecule has 0 radical (unpaired) electrons. The van der Waals surface area contributed by atoms with E-state index in [1.807, 2.05) is 0 Å². The number of carbonyl (C=O) groups excluding carboxylic acids is 1. The number of phenols is 1. The number of fused-ring (bicyclic) bond motifs is 1. The Hall–Kier alpha value is -3.03. The van der Waals surface area contributed by atoms with Crippen LogP contribution in [0.3, 0.4) is 0 Å². The highest BCUT2D eigenvalue weighted by molar-refractivity contribution is 5.92. The largest absolute Gasteiger partial charge is 0.508 e. The van der Waals surface area contributed by atoms with Crippen LogP contribution in [0.4, 0.5) is 10.6 Å². The highest BCUT2D eigenvalue weighted by atomic mass is 16.3. The highest BCUT2D eigenvalue weighted by Crippen LogP contribution is 2.29. The van der Waals surface area contributed by atoms with Crippen molar-refractivity contribution < 1.29 is 9.90 Å². The molecule has 0 saturated carbocycles. The number of aromatic nitrogens is 2. The predicted octanol–water partition coefficient (Wildman–Crippen LogP) is 0.0141. The molecule has 2 heterocycles. The van der Waals surface area contributed by atoms with Crippen molar-refractivity contribution in [3.63, 3.8) is 0 Å². The minimum absolute atomic E-state index is 0.0217. The van der Waals surface area contributed by atoms with Crippen LogP contribution in [0.25, 0.3) is 0 Å². The van der Waals surface area contributed by atoms with E-state index in [2.05, 4.69) is 10.6 Å². The number of benzene rings is 1. The molecule has 3 N–H and O–H groups in total. The zero-order valence-corrected chi connectivity index (χ0v) is 12.0. The van der Waals surface area contributed by atoms with E-state index in [0.29, 0.717) is 5.56 Å². The Morgan fingerprint density at radius 1 is 1.14 bits per heavy atom. The lowest BCUT2D eigenvalue weighted by Gasteiger charge is -2.28. The molecule has 0 aliphatic carbocycles. The number of urea groups is 1. The molecule has 1 aliphatic heterocycles. The molecule has 2 amide bonds. The Labute approximate surface area is 124 Å². The Morgan fingerprint density at radius 3 is 2.55 bits per heavy atom. The number of rotatable bonds is 1. The summed E-state index contributed by atoms with van der Waals surface area (Å²) in [4.78, 5) is 36.3. The molecule has 1 aromatic carbocycles. The summed E-state index contributed by atoms with van der Waals surface area (Å²) in [5.74, 6) is 0.179. The number of anilines is 1. The summed E-state index contributed by atoms with van der Waals surface area (Å²) in [5.41, 5.74) is -0.235.